The summed E-state index contributed by atoms with van der Waals surface area (Å²) in [6.45, 7) is 1.76. The number of hydrogen-bond acceptors (Lipinski definition) is 4. The normalized spacial score (nSPS) is 11.2. The molecule has 0 radical (unpaired) electrons. The molecule has 0 aliphatic heterocycles. The van der Waals surface area contributed by atoms with Crippen molar-refractivity contribution in [3.63, 3.8) is 0 Å². The van der Waals surface area contributed by atoms with Gasteiger partial charge in [0.1, 0.15) is 5.82 Å². The molecule has 0 saturated heterocycles. The van der Waals surface area contributed by atoms with Gasteiger partial charge in [-0.2, -0.15) is 0 Å². The Balaban J connectivity index is 2.32. The number of pyridine rings is 1. The Labute approximate surface area is 141 Å². The number of rotatable bonds is 2. The predicted molar refractivity (Wildman–Crippen MR) is 92.3 cm³/mol. The SMILES string of the molecule is Cc1nnc2c([N+](=O)[O-])c(-c3ccccc3)c3cc(Cl)ccc3n12. The van der Waals surface area contributed by atoms with Crippen molar-refractivity contribution in [1.29, 1.82) is 0 Å². The van der Waals surface area contributed by atoms with Gasteiger partial charge in [-0.1, -0.05) is 41.9 Å². The molecule has 0 amide bonds. The van der Waals surface area contributed by atoms with Crippen molar-refractivity contribution < 1.29 is 4.92 Å². The van der Waals surface area contributed by atoms with Gasteiger partial charge in [-0.15, -0.1) is 10.2 Å². The summed E-state index contributed by atoms with van der Waals surface area (Å²) in [6.07, 6.45) is 0. The molecule has 0 spiro atoms. The minimum Gasteiger partial charge on any atom is -0.273 e. The van der Waals surface area contributed by atoms with Crippen molar-refractivity contribution in [2.45, 2.75) is 6.92 Å². The van der Waals surface area contributed by atoms with Crippen molar-refractivity contribution in [2.75, 3.05) is 0 Å². The number of halogens is 1. The van der Waals surface area contributed by atoms with Crippen LogP contribution >= 0.6 is 11.6 Å². The Hall–Kier alpha value is -2.99. The molecule has 24 heavy (non-hydrogen) atoms. The maximum absolute atomic E-state index is 11.8. The Morgan fingerprint density at radius 1 is 1.12 bits per heavy atom. The minimum atomic E-state index is -0.411. The molecule has 0 bridgehead atoms. The second kappa shape index (κ2) is 5.28. The standard InChI is InChI=1S/C17H11ClN4O2/c1-10-19-20-17-16(22(23)24)15(11-5-3-2-4-6-11)13-9-12(18)7-8-14(13)21(10)17/h2-9H,1H3. The quantitative estimate of drug-likeness (QED) is 0.400. The van der Waals surface area contributed by atoms with Gasteiger partial charge in [0.05, 0.1) is 16.0 Å². The fraction of sp³-hybridized carbons (Fsp3) is 0.0588. The van der Waals surface area contributed by atoms with Crippen LogP contribution in [0.15, 0.2) is 48.5 Å². The predicted octanol–water partition coefficient (Wildman–Crippen LogP) is 4.42. The molecule has 0 aliphatic carbocycles. The summed E-state index contributed by atoms with van der Waals surface area (Å²) >= 11 is 6.16. The second-order valence-electron chi connectivity index (χ2n) is 5.41. The van der Waals surface area contributed by atoms with E-state index in [-0.39, 0.29) is 11.3 Å². The van der Waals surface area contributed by atoms with E-state index < -0.39 is 4.92 Å². The summed E-state index contributed by atoms with van der Waals surface area (Å²) in [7, 11) is 0. The lowest BCUT2D eigenvalue weighted by Crippen LogP contribution is -2.01. The van der Waals surface area contributed by atoms with E-state index >= 15 is 0 Å². The molecule has 118 valence electrons. The summed E-state index contributed by atoms with van der Waals surface area (Å²) < 4.78 is 1.69. The monoisotopic (exact) mass is 338 g/mol. The highest BCUT2D eigenvalue weighted by atomic mass is 35.5. The molecule has 4 rings (SSSR count). The third-order valence-corrected chi connectivity index (χ3v) is 4.22. The van der Waals surface area contributed by atoms with Gasteiger partial charge in [-0.3, -0.25) is 14.5 Å². The number of aromatic nitrogens is 3. The first kappa shape index (κ1) is 14.6. The van der Waals surface area contributed by atoms with Crippen LogP contribution in [0.1, 0.15) is 5.82 Å². The van der Waals surface area contributed by atoms with E-state index in [1.165, 1.54) is 0 Å². The number of fused-ring (bicyclic) bond motifs is 3. The molecule has 7 heteroatoms. The molecule has 0 N–H and O–H groups in total. The lowest BCUT2D eigenvalue weighted by atomic mass is 9.99. The van der Waals surface area contributed by atoms with Gasteiger partial charge in [-0.05, 0) is 30.7 Å². The van der Waals surface area contributed by atoms with Gasteiger partial charge in [0.15, 0.2) is 0 Å². The molecule has 0 atom stereocenters. The largest absolute Gasteiger partial charge is 0.322 e. The maximum atomic E-state index is 11.8. The van der Waals surface area contributed by atoms with E-state index in [1.807, 2.05) is 36.4 Å². The molecule has 4 aromatic rings. The summed E-state index contributed by atoms with van der Waals surface area (Å²) in [5.74, 6) is 0.583. The van der Waals surface area contributed by atoms with Crippen LogP contribution in [0.3, 0.4) is 0 Å². The van der Waals surface area contributed by atoms with Crippen LogP contribution in [-0.4, -0.2) is 19.5 Å². The zero-order valence-corrected chi connectivity index (χ0v) is 13.4. The van der Waals surface area contributed by atoms with Crippen molar-refractivity contribution in [3.05, 3.63) is 69.5 Å². The number of benzene rings is 2. The number of nitrogens with zero attached hydrogens (tertiary/aromatic N) is 4. The molecule has 2 heterocycles. The fourth-order valence-electron chi connectivity index (χ4n) is 3.02. The maximum Gasteiger partial charge on any atom is 0.322 e. The highest BCUT2D eigenvalue weighted by molar-refractivity contribution is 6.31. The Kier molecular flexibility index (Phi) is 3.21. The van der Waals surface area contributed by atoms with Crippen molar-refractivity contribution in [1.82, 2.24) is 14.6 Å². The van der Waals surface area contributed by atoms with Gasteiger partial charge in [0.2, 0.25) is 5.65 Å². The van der Waals surface area contributed by atoms with Crippen LogP contribution in [0.4, 0.5) is 5.69 Å². The summed E-state index contributed by atoms with van der Waals surface area (Å²) in [4.78, 5) is 11.4. The average molecular weight is 339 g/mol. The van der Waals surface area contributed by atoms with Crippen molar-refractivity contribution in [3.8, 4) is 11.1 Å². The zero-order chi connectivity index (χ0) is 16.8. The molecule has 0 saturated carbocycles. The van der Waals surface area contributed by atoms with Gasteiger partial charge >= 0.3 is 5.69 Å². The first-order chi connectivity index (χ1) is 11.6. The average Bonchev–Trinajstić information content (AvgIpc) is 2.95. The van der Waals surface area contributed by atoms with Crippen molar-refractivity contribution in [2.24, 2.45) is 0 Å². The third kappa shape index (κ3) is 2.04. The van der Waals surface area contributed by atoms with Crippen molar-refractivity contribution >= 4 is 33.8 Å². The van der Waals surface area contributed by atoms with Gasteiger partial charge in [0.25, 0.3) is 0 Å². The van der Waals surface area contributed by atoms with E-state index in [1.54, 1.807) is 23.5 Å². The van der Waals surface area contributed by atoms with Crippen LogP contribution in [0, 0.1) is 17.0 Å². The van der Waals surface area contributed by atoms with Crippen LogP contribution < -0.4 is 0 Å². The van der Waals surface area contributed by atoms with E-state index in [0.717, 1.165) is 11.1 Å². The first-order valence-electron chi connectivity index (χ1n) is 7.24. The van der Waals surface area contributed by atoms with Gasteiger partial charge < -0.3 is 0 Å². The van der Waals surface area contributed by atoms with Crippen LogP contribution in [-0.2, 0) is 0 Å². The molecule has 0 aliphatic rings. The Bertz CT molecular complexity index is 1110. The molecule has 6 nitrogen and oxygen atoms in total. The van der Waals surface area contributed by atoms with Crippen LogP contribution in [0.2, 0.25) is 5.02 Å². The van der Waals surface area contributed by atoms with Gasteiger partial charge in [0, 0.05) is 10.4 Å². The fourth-order valence-corrected chi connectivity index (χ4v) is 3.19. The molecule has 0 unspecified atom stereocenters. The summed E-state index contributed by atoms with van der Waals surface area (Å²) in [5, 5.41) is 21.1. The topological polar surface area (TPSA) is 73.3 Å². The lowest BCUT2D eigenvalue weighted by molar-refractivity contribution is -0.382. The summed E-state index contributed by atoms with van der Waals surface area (Å²) in [5.41, 5.74) is 2.17. The number of hydrogen-bond donors (Lipinski definition) is 0. The molecule has 2 aromatic carbocycles. The molecular formula is C17H11ClN4O2. The van der Waals surface area contributed by atoms with E-state index in [2.05, 4.69) is 10.2 Å². The lowest BCUT2D eigenvalue weighted by Gasteiger charge is -2.11. The molecular weight excluding hydrogens is 328 g/mol. The van der Waals surface area contributed by atoms with E-state index in [4.69, 9.17) is 11.6 Å². The van der Waals surface area contributed by atoms with Gasteiger partial charge in [-0.25, -0.2) is 0 Å². The van der Waals surface area contributed by atoms with E-state index in [0.29, 0.717) is 21.8 Å². The third-order valence-electron chi connectivity index (χ3n) is 3.99. The minimum absolute atomic E-state index is 0.0726. The second-order valence-corrected chi connectivity index (χ2v) is 5.85. The Morgan fingerprint density at radius 2 is 1.88 bits per heavy atom. The highest BCUT2D eigenvalue weighted by Gasteiger charge is 2.27. The Morgan fingerprint density at radius 3 is 2.58 bits per heavy atom. The first-order valence-corrected chi connectivity index (χ1v) is 7.62. The summed E-state index contributed by atoms with van der Waals surface area (Å²) in [6, 6.07) is 14.5. The molecule has 2 aromatic heterocycles. The zero-order valence-electron chi connectivity index (χ0n) is 12.6. The molecule has 0 fully saturated rings. The highest BCUT2D eigenvalue weighted by Crippen LogP contribution is 2.40. The number of aryl methyl sites for hydroxylation is 1. The smallest absolute Gasteiger partial charge is 0.273 e. The number of nitro groups is 1. The van der Waals surface area contributed by atoms with Crippen LogP contribution in [0.25, 0.3) is 27.7 Å². The van der Waals surface area contributed by atoms with Crippen LogP contribution in [0.5, 0.6) is 0 Å². The van der Waals surface area contributed by atoms with E-state index in [9.17, 15) is 10.1 Å².